The first-order valence-corrected chi connectivity index (χ1v) is 8.31. The number of nitriles is 1. The number of thioether (sulfide) groups is 1. The van der Waals surface area contributed by atoms with Crippen molar-refractivity contribution in [3.05, 3.63) is 69.0 Å². The lowest BCUT2D eigenvalue weighted by Crippen LogP contribution is -2.12. The molecule has 23 heavy (non-hydrogen) atoms. The van der Waals surface area contributed by atoms with Crippen LogP contribution in [0.5, 0.6) is 0 Å². The van der Waals surface area contributed by atoms with Crippen molar-refractivity contribution in [2.45, 2.75) is 4.90 Å². The number of anilines is 1. The Balaban J connectivity index is 1.86. The zero-order valence-corrected chi connectivity index (χ0v) is 13.4. The van der Waals surface area contributed by atoms with Crippen LogP contribution in [0.1, 0.15) is 9.67 Å². The Kier molecular flexibility index (Phi) is 4.42. The van der Waals surface area contributed by atoms with Crippen LogP contribution in [0.25, 0.3) is 10.8 Å². The Morgan fingerprint density at radius 1 is 1.13 bits per heavy atom. The third kappa shape index (κ3) is 3.42. The van der Waals surface area contributed by atoms with Gasteiger partial charge in [-0.05, 0) is 53.5 Å². The fourth-order valence-electron chi connectivity index (χ4n) is 2.10. The number of amides is 1. The van der Waals surface area contributed by atoms with Crippen LogP contribution < -0.4 is 10.1 Å². The number of benzene rings is 2. The van der Waals surface area contributed by atoms with Gasteiger partial charge in [-0.3, -0.25) is 9.59 Å². The maximum absolute atomic E-state index is 12.3. The summed E-state index contributed by atoms with van der Waals surface area (Å²) in [4.78, 5) is 25.6. The van der Waals surface area contributed by atoms with E-state index in [1.807, 2.05) is 17.5 Å². The molecule has 0 saturated heterocycles. The quantitative estimate of drug-likeness (QED) is 0.577. The molecule has 0 aliphatic heterocycles. The Morgan fingerprint density at radius 3 is 2.61 bits per heavy atom. The molecule has 1 amide bonds. The van der Waals surface area contributed by atoms with Crippen molar-refractivity contribution in [3.63, 3.8) is 0 Å². The highest BCUT2D eigenvalue weighted by atomic mass is 32.2. The smallest absolute Gasteiger partial charge is 0.265 e. The van der Waals surface area contributed by atoms with E-state index in [0.717, 1.165) is 33.4 Å². The van der Waals surface area contributed by atoms with Crippen LogP contribution in [-0.2, 0) is 0 Å². The van der Waals surface area contributed by atoms with Crippen LogP contribution in [0.2, 0.25) is 0 Å². The van der Waals surface area contributed by atoms with E-state index in [0.29, 0.717) is 16.0 Å². The van der Waals surface area contributed by atoms with E-state index in [9.17, 15) is 9.59 Å². The number of hydrogen-bond donors (Lipinski definition) is 1. The fourth-order valence-corrected chi connectivity index (χ4v) is 3.30. The van der Waals surface area contributed by atoms with Gasteiger partial charge in [-0.2, -0.15) is 5.26 Å². The lowest BCUT2D eigenvalue weighted by molar-refractivity contribution is 0.103. The summed E-state index contributed by atoms with van der Waals surface area (Å²) in [5.41, 5.74) is 0.616. The second-order valence-electron chi connectivity index (χ2n) is 4.66. The van der Waals surface area contributed by atoms with Gasteiger partial charge < -0.3 is 5.32 Å². The van der Waals surface area contributed by atoms with Crippen LogP contribution in [0.3, 0.4) is 0 Å². The second kappa shape index (κ2) is 6.65. The molecule has 0 aliphatic rings. The molecule has 1 aromatic heterocycles. The summed E-state index contributed by atoms with van der Waals surface area (Å²) < 4.78 is -0.131. The molecular formula is C17H10N2O2S2. The SMILES string of the molecule is N#CSc1ccc(NC(=O)c2cc3ccccc3c(=O)s2)cc1. The molecule has 0 aliphatic carbocycles. The van der Waals surface area contributed by atoms with Crippen molar-refractivity contribution in [3.8, 4) is 5.40 Å². The first kappa shape index (κ1) is 15.3. The molecule has 0 unspecified atom stereocenters. The summed E-state index contributed by atoms with van der Waals surface area (Å²) in [6.45, 7) is 0. The molecule has 3 rings (SSSR count). The molecule has 3 aromatic rings. The third-order valence-corrected chi connectivity index (χ3v) is 4.70. The first-order chi connectivity index (χ1) is 11.2. The average molecular weight is 338 g/mol. The highest BCUT2D eigenvalue weighted by molar-refractivity contribution is 8.03. The Labute approximate surface area is 140 Å². The predicted molar refractivity (Wildman–Crippen MR) is 94.0 cm³/mol. The Hall–Kier alpha value is -2.62. The number of carbonyl (C=O) groups is 1. The number of rotatable bonds is 3. The fraction of sp³-hybridized carbons (Fsp3) is 0. The molecule has 1 heterocycles. The lowest BCUT2D eigenvalue weighted by atomic mass is 10.2. The molecule has 6 heteroatoms. The maximum Gasteiger partial charge on any atom is 0.265 e. The van der Waals surface area contributed by atoms with Gasteiger partial charge >= 0.3 is 0 Å². The van der Waals surface area contributed by atoms with Gasteiger partial charge in [-0.1, -0.05) is 29.5 Å². The van der Waals surface area contributed by atoms with Gasteiger partial charge in [0.15, 0.2) is 0 Å². The molecule has 0 fully saturated rings. The molecule has 0 bridgehead atoms. The van der Waals surface area contributed by atoms with Crippen molar-refractivity contribution in [1.29, 1.82) is 5.26 Å². The molecule has 0 atom stereocenters. The van der Waals surface area contributed by atoms with Gasteiger partial charge in [0.05, 0.1) is 4.88 Å². The van der Waals surface area contributed by atoms with Crippen LogP contribution in [-0.4, -0.2) is 5.91 Å². The van der Waals surface area contributed by atoms with Crippen molar-refractivity contribution >= 4 is 45.5 Å². The highest BCUT2D eigenvalue weighted by Crippen LogP contribution is 2.20. The van der Waals surface area contributed by atoms with E-state index in [2.05, 4.69) is 5.32 Å². The molecule has 1 N–H and O–H groups in total. The van der Waals surface area contributed by atoms with Gasteiger partial charge in [-0.25, -0.2) is 0 Å². The number of thiocyanates is 1. The highest BCUT2D eigenvalue weighted by Gasteiger charge is 2.10. The molecule has 2 aromatic carbocycles. The predicted octanol–water partition coefficient (Wildman–Crippen LogP) is 4.09. The van der Waals surface area contributed by atoms with Crippen LogP contribution in [0, 0.1) is 10.7 Å². The van der Waals surface area contributed by atoms with Crippen molar-refractivity contribution in [2.75, 3.05) is 5.32 Å². The van der Waals surface area contributed by atoms with Crippen LogP contribution >= 0.6 is 23.1 Å². The van der Waals surface area contributed by atoms with E-state index in [1.165, 1.54) is 0 Å². The first-order valence-electron chi connectivity index (χ1n) is 6.67. The van der Waals surface area contributed by atoms with Crippen LogP contribution in [0.4, 0.5) is 5.69 Å². The summed E-state index contributed by atoms with van der Waals surface area (Å²) >= 11 is 1.99. The third-order valence-electron chi connectivity index (χ3n) is 3.17. The van der Waals surface area contributed by atoms with Crippen molar-refractivity contribution in [2.24, 2.45) is 0 Å². The minimum Gasteiger partial charge on any atom is -0.321 e. The van der Waals surface area contributed by atoms with Gasteiger partial charge in [0.2, 0.25) is 4.74 Å². The van der Waals surface area contributed by atoms with Crippen LogP contribution in [0.15, 0.2) is 64.3 Å². The monoisotopic (exact) mass is 338 g/mol. The zero-order chi connectivity index (χ0) is 16.2. The maximum atomic E-state index is 12.3. The van der Waals surface area contributed by atoms with Gasteiger partial charge in [-0.15, -0.1) is 0 Å². The number of carbonyl (C=O) groups excluding carboxylic acids is 1. The molecule has 0 saturated carbocycles. The van der Waals surface area contributed by atoms with E-state index >= 15 is 0 Å². The van der Waals surface area contributed by atoms with Gasteiger partial charge in [0, 0.05) is 16.0 Å². The summed E-state index contributed by atoms with van der Waals surface area (Å²) in [6.07, 6.45) is 0. The molecule has 0 radical (unpaired) electrons. The van der Waals surface area contributed by atoms with Gasteiger partial charge in [0.1, 0.15) is 5.40 Å². The molecular weight excluding hydrogens is 328 g/mol. The summed E-state index contributed by atoms with van der Waals surface area (Å²) in [7, 11) is 0. The molecule has 0 spiro atoms. The molecule has 4 nitrogen and oxygen atoms in total. The summed E-state index contributed by atoms with van der Waals surface area (Å²) in [5.74, 6) is -0.321. The van der Waals surface area contributed by atoms with E-state index in [4.69, 9.17) is 5.26 Å². The van der Waals surface area contributed by atoms with Crippen molar-refractivity contribution in [1.82, 2.24) is 0 Å². The topological polar surface area (TPSA) is 70.0 Å². The largest absolute Gasteiger partial charge is 0.321 e. The van der Waals surface area contributed by atoms with E-state index < -0.39 is 0 Å². The number of nitrogens with one attached hydrogen (secondary N) is 1. The van der Waals surface area contributed by atoms with Crippen molar-refractivity contribution < 1.29 is 4.79 Å². The lowest BCUT2D eigenvalue weighted by Gasteiger charge is -2.06. The Morgan fingerprint density at radius 2 is 1.87 bits per heavy atom. The Bertz CT molecular complexity index is 972. The van der Waals surface area contributed by atoms with E-state index in [1.54, 1.807) is 42.5 Å². The normalized spacial score (nSPS) is 10.2. The van der Waals surface area contributed by atoms with Gasteiger partial charge in [0.25, 0.3) is 5.91 Å². The minimum atomic E-state index is -0.321. The standard InChI is InChI=1S/C17H10N2O2S2/c18-10-22-13-7-5-12(6-8-13)19-16(20)15-9-11-3-1-2-4-14(11)17(21)23-15/h1-9H,(H,19,20). The number of fused-ring (bicyclic) bond motifs is 1. The zero-order valence-electron chi connectivity index (χ0n) is 11.8. The van der Waals surface area contributed by atoms with E-state index in [-0.39, 0.29) is 10.6 Å². The minimum absolute atomic E-state index is 0.131. The summed E-state index contributed by atoms with van der Waals surface area (Å²) in [6, 6.07) is 15.9. The second-order valence-corrected chi connectivity index (χ2v) is 6.53. The molecule has 112 valence electrons. The number of hydrogen-bond acceptors (Lipinski definition) is 5. The summed E-state index contributed by atoms with van der Waals surface area (Å²) in [5, 5.41) is 14.7. The average Bonchev–Trinajstić information content (AvgIpc) is 2.57. The number of nitrogens with zero attached hydrogens (tertiary/aromatic N) is 1.